The van der Waals surface area contributed by atoms with Gasteiger partial charge >= 0.3 is 12.1 Å². The van der Waals surface area contributed by atoms with E-state index < -0.39 is 6.09 Å². The van der Waals surface area contributed by atoms with Gasteiger partial charge in [-0.3, -0.25) is 15.1 Å². The molecule has 0 unspecified atom stereocenters. The number of nitrogens with zero attached hydrogens (tertiary/aromatic N) is 6. The van der Waals surface area contributed by atoms with Gasteiger partial charge in [0.05, 0.1) is 53.7 Å². The van der Waals surface area contributed by atoms with Crippen molar-refractivity contribution in [2.45, 2.75) is 30.8 Å². The number of hydrogen-bond donors (Lipinski definition) is 2. The summed E-state index contributed by atoms with van der Waals surface area (Å²) in [6, 6.07) is 7.69. The van der Waals surface area contributed by atoms with Crippen LogP contribution >= 0.6 is 11.8 Å². The van der Waals surface area contributed by atoms with Crippen molar-refractivity contribution in [3.05, 3.63) is 49.1 Å². The minimum Gasteiger partial charge on any atom is -0.494 e. The van der Waals surface area contributed by atoms with E-state index in [-0.39, 0.29) is 23.8 Å². The molecule has 0 spiro atoms. The van der Waals surface area contributed by atoms with Gasteiger partial charge < -0.3 is 19.5 Å². The Morgan fingerprint density at radius 1 is 1.19 bits per heavy atom. The topological polar surface area (TPSA) is 147 Å². The number of hydrogen-bond acceptors (Lipinski definition) is 11. The predicted octanol–water partition coefficient (Wildman–Crippen LogP) is 4.55. The fourth-order valence-corrected chi connectivity index (χ4v) is 6.22. The van der Waals surface area contributed by atoms with Gasteiger partial charge in [0.2, 0.25) is 0 Å². The Bertz CT molecular complexity index is 1860. The van der Waals surface area contributed by atoms with Crippen LogP contribution in [0, 0.1) is 5.92 Å². The molecule has 13 nitrogen and oxygen atoms in total. The van der Waals surface area contributed by atoms with Gasteiger partial charge in [-0.1, -0.05) is 0 Å². The lowest BCUT2D eigenvalue weighted by Gasteiger charge is -2.32. The largest absolute Gasteiger partial charge is 0.494 e. The van der Waals surface area contributed by atoms with Crippen LogP contribution in [0.3, 0.4) is 0 Å². The molecule has 1 aliphatic carbocycles. The molecule has 220 valence electrons. The first-order chi connectivity index (χ1) is 21.0. The number of benzene rings is 1. The number of anilines is 2. The van der Waals surface area contributed by atoms with E-state index in [1.165, 1.54) is 0 Å². The fourth-order valence-electron chi connectivity index (χ4n) is 5.32. The van der Waals surface area contributed by atoms with Gasteiger partial charge in [0, 0.05) is 41.8 Å². The molecule has 0 radical (unpaired) electrons. The summed E-state index contributed by atoms with van der Waals surface area (Å²) in [5.74, 6) is 1.32. The number of ether oxygens (including phenoxy) is 3. The van der Waals surface area contributed by atoms with Crippen molar-refractivity contribution < 1.29 is 23.8 Å². The van der Waals surface area contributed by atoms with Crippen LogP contribution < -0.4 is 15.4 Å². The molecule has 5 heterocycles. The molecule has 1 fully saturated rings. The summed E-state index contributed by atoms with van der Waals surface area (Å²) in [4.78, 5) is 35.1. The summed E-state index contributed by atoms with van der Waals surface area (Å²) in [5.41, 5.74) is 4.45. The van der Waals surface area contributed by atoms with Crippen molar-refractivity contribution >= 4 is 51.9 Å². The summed E-state index contributed by atoms with van der Waals surface area (Å²) in [6.07, 6.45) is 6.74. The van der Waals surface area contributed by atoms with Gasteiger partial charge in [-0.2, -0.15) is 5.10 Å². The maximum atomic E-state index is 12.9. The molecule has 2 aliphatic rings. The third-order valence-corrected chi connectivity index (χ3v) is 8.57. The maximum Gasteiger partial charge on any atom is 0.413 e. The van der Waals surface area contributed by atoms with E-state index in [2.05, 4.69) is 25.7 Å². The van der Waals surface area contributed by atoms with Crippen LogP contribution in [0.5, 0.6) is 5.75 Å². The summed E-state index contributed by atoms with van der Waals surface area (Å²) in [6.45, 7) is 2.96. The molecule has 4 aromatic heterocycles. The molecule has 43 heavy (non-hydrogen) atoms. The number of methoxy groups -OCH3 is 1. The zero-order chi connectivity index (χ0) is 29.5. The smallest absolute Gasteiger partial charge is 0.413 e. The van der Waals surface area contributed by atoms with E-state index in [9.17, 15) is 9.59 Å². The van der Waals surface area contributed by atoms with Crippen molar-refractivity contribution in [2.75, 3.05) is 36.6 Å². The lowest BCUT2D eigenvalue weighted by atomic mass is 9.82. The van der Waals surface area contributed by atoms with E-state index >= 15 is 0 Å². The Morgan fingerprint density at radius 2 is 2.07 bits per heavy atom. The minimum absolute atomic E-state index is 0.251. The van der Waals surface area contributed by atoms with Crippen LogP contribution in [0.4, 0.5) is 16.3 Å². The normalized spacial score (nSPS) is 17.5. The van der Waals surface area contributed by atoms with Crippen molar-refractivity contribution in [2.24, 2.45) is 5.92 Å². The molecule has 0 saturated heterocycles. The van der Waals surface area contributed by atoms with E-state index in [0.29, 0.717) is 53.1 Å². The number of esters is 1. The second-order valence-electron chi connectivity index (χ2n) is 10.2. The number of fused-ring (bicyclic) bond motifs is 3. The van der Waals surface area contributed by atoms with E-state index in [1.54, 1.807) is 53.6 Å². The summed E-state index contributed by atoms with van der Waals surface area (Å²) >= 11 is 1.75. The van der Waals surface area contributed by atoms with Gasteiger partial charge in [0.25, 0.3) is 0 Å². The van der Waals surface area contributed by atoms with Gasteiger partial charge in [-0.05, 0) is 38.0 Å². The number of aromatic nitrogens is 6. The second kappa shape index (κ2) is 11.1. The first kappa shape index (κ1) is 27.0. The quantitative estimate of drug-likeness (QED) is 0.254. The summed E-state index contributed by atoms with van der Waals surface area (Å²) in [7, 11) is 1.61. The fraction of sp³-hybridized carbons (Fsp3) is 0.310. The summed E-state index contributed by atoms with van der Waals surface area (Å²) < 4.78 is 19.9. The lowest BCUT2D eigenvalue weighted by Crippen LogP contribution is -2.39. The van der Waals surface area contributed by atoms with Crippen LogP contribution in [0.1, 0.15) is 19.8 Å². The number of carbonyl (C=O) groups excluding carboxylic acids is 2. The zero-order valence-corrected chi connectivity index (χ0v) is 24.3. The third-order valence-electron chi connectivity index (χ3n) is 7.51. The number of rotatable bonds is 7. The average Bonchev–Trinajstić information content (AvgIpc) is 3.59. The lowest BCUT2D eigenvalue weighted by molar-refractivity contribution is -0.155. The Balaban J connectivity index is 1.26. The Hall–Kier alpha value is -4.85. The highest BCUT2D eigenvalue weighted by Gasteiger charge is 2.38. The van der Waals surface area contributed by atoms with Gasteiger partial charge in [-0.15, -0.1) is 16.9 Å². The number of pyridine rings is 1. The highest BCUT2D eigenvalue weighted by molar-refractivity contribution is 7.99. The zero-order valence-electron chi connectivity index (χ0n) is 23.4. The molecule has 1 saturated carbocycles. The van der Waals surface area contributed by atoms with Gasteiger partial charge in [0.1, 0.15) is 17.5 Å². The third kappa shape index (κ3) is 4.96. The first-order valence-electron chi connectivity index (χ1n) is 13.9. The van der Waals surface area contributed by atoms with Crippen molar-refractivity contribution in [3.63, 3.8) is 0 Å². The molecule has 1 aliphatic heterocycles. The maximum absolute atomic E-state index is 12.9. The molecule has 0 bridgehead atoms. The Labute approximate surface area is 249 Å². The van der Waals surface area contributed by atoms with Crippen LogP contribution in [-0.4, -0.2) is 73.5 Å². The molecular formula is C29H28N8O5S. The number of thioether (sulfide) groups is 1. The number of carbonyl (C=O) groups is 2. The van der Waals surface area contributed by atoms with Crippen LogP contribution in [-0.2, 0) is 14.3 Å². The van der Waals surface area contributed by atoms with Gasteiger partial charge in [0.15, 0.2) is 11.5 Å². The second-order valence-corrected chi connectivity index (χ2v) is 11.3. The summed E-state index contributed by atoms with van der Waals surface area (Å²) in [5, 5.41) is 16.0. The van der Waals surface area contributed by atoms with Crippen LogP contribution in [0.25, 0.3) is 33.5 Å². The standard InChI is InChI=1S/C29H28N8O5S/c1-3-41-28(38)16-9-17(10-16)42-29(39)34-26-19-14-32-20(18-15-33-36-7-4-5-31-27(18)36)11-22(19)37(35-26)23-13-25-21(12-24(23)40-2)30-6-8-43-25/h4-5,7,11-17,30H,3,6,8-10H2,1-2H3,(H,34,35,39). The molecule has 14 heteroatoms. The molecule has 1 amide bonds. The predicted molar refractivity (Wildman–Crippen MR) is 160 cm³/mol. The number of amides is 1. The Kier molecular flexibility index (Phi) is 6.97. The van der Waals surface area contributed by atoms with Gasteiger partial charge in [-0.25, -0.2) is 19.0 Å². The van der Waals surface area contributed by atoms with Crippen molar-refractivity contribution in [3.8, 4) is 22.7 Å². The molecular weight excluding hydrogens is 572 g/mol. The van der Waals surface area contributed by atoms with Crippen LogP contribution in [0.15, 0.2) is 53.9 Å². The van der Waals surface area contributed by atoms with E-state index in [4.69, 9.17) is 19.3 Å². The van der Waals surface area contributed by atoms with Crippen molar-refractivity contribution in [1.29, 1.82) is 0 Å². The van der Waals surface area contributed by atoms with Crippen molar-refractivity contribution in [1.82, 2.24) is 29.4 Å². The van der Waals surface area contributed by atoms with E-state index in [0.717, 1.165) is 28.4 Å². The molecule has 1 aromatic carbocycles. The average molecular weight is 601 g/mol. The highest BCUT2D eigenvalue weighted by Crippen LogP contribution is 2.40. The molecule has 5 aromatic rings. The SMILES string of the molecule is CCOC(=O)C1CC(OC(=O)Nc2nn(-c3cc4c(cc3OC)NCCS4)c3cc(-c4cnn5cccnc45)ncc23)C1. The molecule has 2 N–H and O–H groups in total. The first-order valence-corrected chi connectivity index (χ1v) is 14.9. The molecule has 7 rings (SSSR count). The highest BCUT2D eigenvalue weighted by atomic mass is 32.2. The van der Waals surface area contributed by atoms with E-state index in [1.807, 2.05) is 30.5 Å². The van der Waals surface area contributed by atoms with Crippen LogP contribution in [0.2, 0.25) is 0 Å². The minimum atomic E-state index is -0.660. The monoisotopic (exact) mass is 600 g/mol. The molecule has 0 atom stereocenters. The Morgan fingerprint density at radius 3 is 2.91 bits per heavy atom. The number of nitrogens with one attached hydrogen (secondary N) is 2.